The first-order chi connectivity index (χ1) is 10.0. The summed E-state index contributed by atoms with van der Waals surface area (Å²) in [7, 11) is 1.51. The summed E-state index contributed by atoms with van der Waals surface area (Å²) in [6, 6.07) is 4.88. The molecule has 0 bridgehead atoms. The second kappa shape index (κ2) is 6.92. The van der Waals surface area contributed by atoms with Gasteiger partial charge in [-0.1, -0.05) is 25.3 Å². The van der Waals surface area contributed by atoms with E-state index in [4.69, 9.17) is 9.84 Å². The van der Waals surface area contributed by atoms with Gasteiger partial charge in [-0.25, -0.2) is 4.39 Å². The number of hydrogen-bond acceptors (Lipinski definition) is 2. The molecule has 0 saturated heterocycles. The molecular formula is C17H23FO3. The van der Waals surface area contributed by atoms with Crippen molar-refractivity contribution in [2.75, 3.05) is 7.11 Å². The topological polar surface area (TPSA) is 46.5 Å². The maximum Gasteiger partial charge on any atom is 0.303 e. The average molecular weight is 294 g/mol. The Morgan fingerprint density at radius 2 is 2.05 bits per heavy atom. The highest BCUT2D eigenvalue weighted by Crippen LogP contribution is 2.43. The van der Waals surface area contributed by atoms with Gasteiger partial charge in [0.2, 0.25) is 0 Å². The zero-order valence-electron chi connectivity index (χ0n) is 12.5. The lowest BCUT2D eigenvalue weighted by Crippen LogP contribution is -2.28. The van der Waals surface area contributed by atoms with E-state index in [-0.39, 0.29) is 17.7 Å². The number of carboxylic acids is 1. The number of carbonyl (C=O) groups is 1. The molecule has 1 aromatic carbocycles. The van der Waals surface area contributed by atoms with Gasteiger partial charge in [-0.15, -0.1) is 0 Å². The van der Waals surface area contributed by atoms with Crippen molar-refractivity contribution in [3.05, 3.63) is 29.6 Å². The zero-order valence-corrected chi connectivity index (χ0v) is 12.5. The fourth-order valence-electron chi connectivity index (χ4n) is 3.40. The molecule has 1 N–H and O–H groups in total. The Balaban J connectivity index is 2.06. The van der Waals surface area contributed by atoms with Gasteiger partial charge in [-0.2, -0.15) is 0 Å². The Morgan fingerprint density at radius 3 is 2.62 bits per heavy atom. The third-order valence-electron chi connectivity index (χ3n) is 4.63. The highest BCUT2D eigenvalue weighted by atomic mass is 19.1. The minimum Gasteiger partial charge on any atom is -0.497 e. The number of aryl methyl sites for hydroxylation is 1. The van der Waals surface area contributed by atoms with E-state index in [9.17, 15) is 9.18 Å². The summed E-state index contributed by atoms with van der Waals surface area (Å²) in [5, 5.41) is 9.16. The summed E-state index contributed by atoms with van der Waals surface area (Å²) >= 11 is 0. The first-order valence-electron chi connectivity index (χ1n) is 7.59. The van der Waals surface area contributed by atoms with Crippen LogP contribution in [0.15, 0.2) is 18.2 Å². The van der Waals surface area contributed by atoms with Gasteiger partial charge in [-0.05, 0) is 42.7 Å². The highest BCUT2D eigenvalue weighted by Gasteiger charge is 2.34. The molecule has 1 aromatic rings. The lowest BCUT2D eigenvalue weighted by molar-refractivity contribution is -0.140. The summed E-state index contributed by atoms with van der Waals surface area (Å²) < 4.78 is 19.0. The highest BCUT2D eigenvalue weighted by molar-refractivity contribution is 5.67. The van der Waals surface area contributed by atoms with Crippen LogP contribution in [0.2, 0.25) is 0 Å². The minimum absolute atomic E-state index is 0.156. The first-order valence-corrected chi connectivity index (χ1v) is 7.59. The number of aliphatic carboxylic acids is 1. The quantitative estimate of drug-likeness (QED) is 0.855. The molecule has 0 atom stereocenters. The molecule has 0 heterocycles. The molecule has 0 aromatic heterocycles. The van der Waals surface area contributed by atoms with Crippen LogP contribution in [0, 0.1) is 11.2 Å². The molecule has 0 aliphatic heterocycles. The molecule has 1 saturated carbocycles. The van der Waals surface area contributed by atoms with Gasteiger partial charge in [0.15, 0.2) is 0 Å². The van der Waals surface area contributed by atoms with Crippen molar-refractivity contribution >= 4 is 5.97 Å². The van der Waals surface area contributed by atoms with Crippen LogP contribution in [0.1, 0.15) is 50.5 Å². The average Bonchev–Trinajstić information content (AvgIpc) is 2.46. The smallest absolute Gasteiger partial charge is 0.303 e. The number of hydrogen-bond donors (Lipinski definition) is 1. The van der Waals surface area contributed by atoms with E-state index in [0.717, 1.165) is 32.1 Å². The Kier molecular flexibility index (Phi) is 5.21. The van der Waals surface area contributed by atoms with Crippen LogP contribution in [0.4, 0.5) is 4.39 Å². The molecule has 1 fully saturated rings. The molecule has 21 heavy (non-hydrogen) atoms. The number of rotatable bonds is 6. The molecule has 0 unspecified atom stereocenters. The van der Waals surface area contributed by atoms with E-state index >= 15 is 0 Å². The Hall–Kier alpha value is -1.58. The summed E-state index contributed by atoms with van der Waals surface area (Å²) in [4.78, 5) is 11.1. The summed E-state index contributed by atoms with van der Waals surface area (Å²) in [6.45, 7) is 0. The van der Waals surface area contributed by atoms with Crippen LogP contribution in [0.5, 0.6) is 5.75 Å². The SMILES string of the molecule is COc1ccc(CCC2(CC(=O)O)CCCCC2)c(F)c1. The third kappa shape index (κ3) is 4.19. The second-order valence-electron chi connectivity index (χ2n) is 6.09. The van der Waals surface area contributed by atoms with Crippen LogP contribution in [-0.4, -0.2) is 18.2 Å². The van der Waals surface area contributed by atoms with Gasteiger partial charge in [0, 0.05) is 6.07 Å². The molecule has 0 radical (unpaired) electrons. The van der Waals surface area contributed by atoms with Crippen LogP contribution in [-0.2, 0) is 11.2 Å². The van der Waals surface area contributed by atoms with Crippen molar-refractivity contribution < 1.29 is 19.0 Å². The first kappa shape index (κ1) is 15.8. The lowest BCUT2D eigenvalue weighted by atomic mass is 9.68. The van der Waals surface area contributed by atoms with Crippen LogP contribution >= 0.6 is 0 Å². The van der Waals surface area contributed by atoms with Gasteiger partial charge in [-0.3, -0.25) is 4.79 Å². The fraction of sp³-hybridized carbons (Fsp3) is 0.588. The van der Waals surface area contributed by atoms with Crippen molar-refractivity contribution in [1.82, 2.24) is 0 Å². The van der Waals surface area contributed by atoms with Crippen molar-refractivity contribution in [2.45, 2.75) is 51.4 Å². The Morgan fingerprint density at radius 1 is 1.33 bits per heavy atom. The number of benzene rings is 1. The summed E-state index contributed by atoms with van der Waals surface area (Å²) in [6.07, 6.45) is 6.75. The number of methoxy groups -OCH3 is 1. The van der Waals surface area contributed by atoms with Crippen molar-refractivity contribution in [3.8, 4) is 5.75 Å². The Labute approximate surface area is 125 Å². The van der Waals surface area contributed by atoms with E-state index in [1.807, 2.05) is 0 Å². The molecule has 1 aliphatic rings. The maximum atomic E-state index is 14.0. The van der Waals surface area contributed by atoms with Gasteiger partial charge in [0.25, 0.3) is 0 Å². The molecule has 0 spiro atoms. The standard InChI is InChI=1S/C17H23FO3/c1-21-14-6-5-13(15(18)11-14)7-10-17(12-16(19)20)8-3-2-4-9-17/h5-6,11H,2-4,7-10,12H2,1H3,(H,19,20). The number of halogens is 1. The molecular weight excluding hydrogens is 271 g/mol. The fourth-order valence-corrected chi connectivity index (χ4v) is 3.40. The van der Waals surface area contributed by atoms with Gasteiger partial charge in [0.05, 0.1) is 13.5 Å². The monoisotopic (exact) mass is 294 g/mol. The molecule has 2 rings (SSSR count). The van der Waals surface area contributed by atoms with E-state index in [1.165, 1.54) is 19.6 Å². The van der Waals surface area contributed by atoms with Crippen LogP contribution in [0.3, 0.4) is 0 Å². The molecule has 1 aliphatic carbocycles. The predicted octanol–water partition coefficient (Wildman–Crippen LogP) is 4.19. The summed E-state index contributed by atoms with van der Waals surface area (Å²) in [5.41, 5.74) is 0.488. The van der Waals surface area contributed by atoms with Crippen LogP contribution in [0.25, 0.3) is 0 Å². The van der Waals surface area contributed by atoms with Crippen molar-refractivity contribution in [2.24, 2.45) is 5.41 Å². The van der Waals surface area contributed by atoms with Gasteiger partial charge < -0.3 is 9.84 Å². The van der Waals surface area contributed by atoms with Crippen LogP contribution < -0.4 is 4.74 Å². The minimum atomic E-state index is -0.743. The van der Waals surface area contributed by atoms with Crippen molar-refractivity contribution in [1.29, 1.82) is 0 Å². The molecule has 0 amide bonds. The van der Waals surface area contributed by atoms with Gasteiger partial charge >= 0.3 is 5.97 Å². The maximum absolute atomic E-state index is 14.0. The molecule has 4 heteroatoms. The van der Waals surface area contributed by atoms with E-state index in [0.29, 0.717) is 17.7 Å². The van der Waals surface area contributed by atoms with E-state index in [2.05, 4.69) is 0 Å². The largest absolute Gasteiger partial charge is 0.497 e. The summed E-state index contributed by atoms with van der Waals surface area (Å²) in [5.74, 6) is -0.503. The molecule has 116 valence electrons. The zero-order chi connectivity index (χ0) is 15.3. The third-order valence-corrected chi connectivity index (χ3v) is 4.63. The number of carboxylic acid groups (broad SMARTS) is 1. The second-order valence-corrected chi connectivity index (χ2v) is 6.09. The lowest BCUT2D eigenvalue weighted by Gasteiger charge is -2.36. The normalized spacial score (nSPS) is 17.4. The Bertz CT molecular complexity index is 493. The van der Waals surface area contributed by atoms with Gasteiger partial charge in [0.1, 0.15) is 11.6 Å². The van der Waals surface area contributed by atoms with E-state index in [1.54, 1.807) is 12.1 Å². The predicted molar refractivity (Wildman–Crippen MR) is 79.0 cm³/mol. The number of ether oxygens (including phenoxy) is 1. The van der Waals surface area contributed by atoms with Crippen molar-refractivity contribution in [3.63, 3.8) is 0 Å². The molecule has 3 nitrogen and oxygen atoms in total. The van der Waals surface area contributed by atoms with E-state index < -0.39 is 5.97 Å².